The SMILES string of the molecule is CN(C)CC1COC(C)(C)CC1O. The maximum absolute atomic E-state index is 9.85. The van der Waals surface area contributed by atoms with Gasteiger partial charge in [-0.05, 0) is 27.9 Å². The number of aliphatic hydroxyl groups excluding tert-OH is 1. The van der Waals surface area contributed by atoms with Gasteiger partial charge in [0.05, 0.1) is 18.3 Å². The molecule has 0 bridgehead atoms. The topological polar surface area (TPSA) is 32.7 Å². The Morgan fingerprint density at radius 1 is 1.46 bits per heavy atom. The molecule has 2 unspecified atom stereocenters. The van der Waals surface area contributed by atoms with Crippen LogP contribution in [-0.2, 0) is 4.74 Å². The minimum absolute atomic E-state index is 0.151. The highest BCUT2D eigenvalue weighted by Crippen LogP contribution is 2.27. The van der Waals surface area contributed by atoms with E-state index in [-0.39, 0.29) is 17.6 Å². The van der Waals surface area contributed by atoms with Crippen LogP contribution in [0.3, 0.4) is 0 Å². The molecule has 0 amide bonds. The Hall–Kier alpha value is -0.120. The van der Waals surface area contributed by atoms with Gasteiger partial charge < -0.3 is 14.7 Å². The van der Waals surface area contributed by atoms with Gasteiger partial charge in [-0.25, -0.2) is 0 Å². The van der Waals surface area contributed by atoms with E-state index >= 15 is 0 Å². The Labute approximate surface area is 80.7 Å². The molecule has 3 heteroatoms. The third-order valence-electron chi connectivity index (χ3n) is 2.53. The van der Waals surface area contributed by atoms with Crippen molar-refractivity contribution in [3.63, 3.8) is 0 Å². The average Bonchev–Trinajstić information content (AvgIpc) is 1.93. The maximum Gasteiger partial charge on any atom is 0.0651 e. The summed E-state index contributed by atoms with van der Waals surface area (Å²) in [5.41, 5.74) is -0.151. The highest BCUT2D eigenvalue weighted by atomic mass is 16.5. The van der Waals surface area contributed by atoms with Crippen LogP contribution in [0.5, 0.6) is 0 Å². The largest absolute Gasteiger partial charge is 0.393 e. The lowest BCUT2D eigenvalue weighted by Crippen LogP contribution is -2.46. The summed E-state index contributed by atoms with van der Waals surface area (Å²) in [5.74, 6) is 0.267. The van der Waals surface area contributed by atoms with E-state index < -0.39 is 0 Å². The number of hydrogen-bond donors (Lipinski definition) is 1. The van der Waals surface area contributed by atoms with Gasteiger partial charge in [-0.3, -0.25) is 0 Å². The molecule has 0 spiro atoms. The van der Waals surface area contributed by atoms with Crippen LogP contribution in [0.2, 0.25) is 0 Å². The van der Waals surface area contributed by atoms with Crippen molar-refractivity contribution in [2.75, 3.05) is 27.2 Å². The van der Waals surface area contributed by atoms with E-state index in [0.29, 0.717) is 6.61 Å². The van der Waals surface area contributed by atoms with Crippen LogP contribution in [0.1, 0.15) is 20.3 Å². The Kier molecular flexibility index (Phi) is 3.33. The van der Waals surface area contributed by atoms with Crippen molar-refractivity contribution in [1.82, 2.24) is 4.90 Å². The summed E-state index contributed by atoms with van der Waals surface area (Å²) in [4.78, 5) is 2.09. The molecule has 1 saturated heterocycles. The van der Waals surface area contributed by atoms with E-state index in [4.69, 9.17) is 4.74 Å². The highest BCUT2D eigenvalue weighted by Gasteiger charge is 2.34. The Bertz CT molecular complexity index is 168. The minimum atomic E-state index is -0.217. The zero-order valence-corrected chi connectivity index (χ0v) is 9.08. The maximum atomic E-state index is 9.85. The van der Waals surface area contributed by atoms with Crippen LogP contribution >= 0.6 is 0 Å². The second-order valence-electron chi connectivity index (χ2n) is 4.86. The van der Waals surface area contributed by atoms with E-state index in [9.17, 15) is 5.11 Å². The molecule has 3 nitrogen and oxygen atoms in total. The van der Waals surface area contributed by atoms with Gasteiger partial charge in [0.15, 0.2) is 0 Å². The second-order valence-corrected chi connectivity index (χ2v) is 4.86. The highest BCUT2D eigenvalue weighted by molar-refractivity contribution is 4.84. The van der Waals surface area contributed by atoms with E-state index in [1.165, 1.54) is 0 Å². The van der Waals surface area contributed by atoms with Gasteiger partial charge in [-0.1, -0.05) is 0 Å². The number of ether oxygens (including phenoxy) is 1. The van der Waals surface area contributed by atoms with Crippen LogP contribution in [-0.4, -0.2) is 49.0 Å². The number of aliphatic hydroxyl groups is 1. The molecular formula is C10H21NO2. The Balaban J connectivity index is 2.44. The van der Waals surface area contributed by atoms with Gasteiger partial charge in [0, 0.05) is 18.9 Å². The molecule has 1 rings (SSSR count). The summed E-state index contributed by atoms with van der Waals surface area (Å²) < 4.78 is 5.66. The first kappa shape index (κ1) is 11.0. The zero-order valence-electron chi connectivity index (χ0n) is 9.08. The molecule has 0 aromatic carbocycles. The zero-order chi connectivity index (χ0) is 10.1. The van der Waals surface area contributed by atoms with E-state index in [2.05, 4.69) is 4.90 Å². The molecule has 78 valence electrons. The molecule has 1 aliphatic rings. The van der Waals surface area contributed by atoms with Crippen LogP contribution < -0.4 is 0 Å². The quantitative estimate of drug-likeness (QED) is 0.691. The first-order chi connectivity index (χ1) is 5.91. The van der Waals surface area contributed by atoms with Crippen molar-refractivity contribution in [3.8, 4) is 0 Å². The van der Waals surface area contributed by atoms with Crippen LogP contribution in [0.25, 0.3) is 0 Å². The third kappa shape index (κ3) is 3.25. The monoisotopic (exact) mass is 187 g/mol. The third-order valence-corrected chi connectivity index (χ3v) is 2.53. The van der Waals surface area contributed by atoms with Crippen molar-refractivity contribution in [2.45, 2.75) is 32.0 Å². The van der Waals surface area contributed by atoms with Gasteiger partial charge in [-0.15, -0.1) is 0 Å². The van der Waals surface area contributed by atoms with Crippen molar-refractivity contribution in [1.29, 1.82) is 0 Å². The number of hydrogen-bond acceptors (Lipinski definition) is 3. The molecule has 0 aliphatic carbocycles. The first-order valence-corrected chi connectivity index (χ1v) is 4.87. The molecule has 0 aromatic heterocycles. The number of rotatable bonds is 2. The van der Waals surface area contributed by atoms with Crippen molar-refractivity contribution in [2.24, 2.45) is 5.92 Å². The fourth-order valence-electron chi connectivity index (χ4n) is 1.82. The van der Waals surface area contributed by atoms with E-state index in [1.54, 1.807) is 0 Å². The average molecular weight is 187 g/mol. The van der Waals surface area contributed by atoms with Crippen LogP contribution in [0.4, 0.5) is 0 Å². The lowest BCUT2D eigenvalue weighted by Gasteiger charge is -2.39. The summed E-state index contributed by atoms with van der Waals surface area (Å²) in [5, 5.41) is 9.85. The Morgan fingerprint density at radius 3 is 2.54 bits per heavy atom. The molecule has 1 heterocycles. The molecule has 1 fully saturated rings. The van der Waals surface area contributed by atoms with Gasteiger partial charge >= 0.3 is 0 Å². The number of nitrogens with zero attached hydrogens (tertiary/aromatic N) is 1. The Morgan fingerprint density at radius 2 is 2.08 bits per heavy atom. The van der Waals surface area contributed by atoms with Crippen LogP contribution in [0, 0.1) is 5.92 Å². The standard InChI is InChI=1S/C10H21NO2/c1-10(2)5-9(12)8(7-13-10)6-11(3)4/h8-9,12H,5-7H2,1-4H3. The van der Waals surface area contributed by atoms with E-state index in [1.807, 2.05) is 27.9 Å². The smallest absolute Gasteiger partial charge is 0.0651 e. The predicted molar refractivity (Wildman–Crippen MR) is 52.7 cm³/mol. The summed E-state index contributed by atoms with van der Waals surface area (Å²) in [6.07, 6.45) is 0.525. The van der Waals surface area contributed by atoms with Gasteiger partial charge in [0.2, 0.25) is 0 Å². The predicted octanol–water partition coefficient (Wildman–Crippen LogP) is 0.724. The van der Waals surface area contributed by atoms with Crippen molar-refractivity contribution in [3.05, 3.63) is 0 Å². The van der Waals surface area contributed by atoms with Crippen LogP contribution in [0.15, 0.2) is 0 Å². The van der Waals surface area contributed by atoms with E-state index in [0.717, 1.165) is 13.0 Å². The van der Waals surface area contributed by atoms with Gasteiger partial charge in [0.25, 0.3) is 0 Å². The second kappa shape index (κ2) is 3.95. The minimum Gasteiger partial charge on any atom is -0.393 e. The molecule has 2 atom stereocenters. The molecule has 1 N–H and O–H groups in total. The fraction of sp³-hybridized carbons (Fsp3) is 1.00. The molecule has 0 radical (unpaired) electrons. The summed E-state index contributed by atoms with van der Waals surface area (Å²) in [6.45, 7) is 5.63. The summed E-state index contributed by atoms with van der Waals surface area (Å²) in [7, 11) is 4.04. The first-order valence-electron chi connectivity index (χ1n) is 4.87. The fourth-order valence-corrected chi connectivity index (χ4v) is 1.82. The summed E-state index contributed by atoms with van der Waals surface area (Å²) >= 11 is 0. The van der Waals surface area contributed by atoms with Crippen molar-refractivity contribution >= 4 is 0 Å². The van der Waals surface area contributed by atoms with Gasteiger partial charge in [-0.2, -0.15) is 0 Å². The molecule has 0 saturated carbocycles. The lowest BCUT2D eigenvalue weighted by atomic mass is 9.88. The molecule has 1 aliphatic heterocycles. The summed E-state index contributed by atoms with van der Waals surface area (Å²) in [6, 6.07) is 0. The van der Waals surface area contributed by atoms with Gasteiger partial charge in [0.1, 0.15) is 0 Å². The molecular weight excluding hydrogens is 166 g/mol. The lowest BCUT2D eigenvalue weighted by molar-refractivity contribution is -0.132. The normalized spacial score (nSPS) is 33.7. The molecule has 0 aromatic rings. The van der Waals surface area contributed by atoms with Crippen molar-refractivity contribution < 1.29 is 9.84 Å². The molecule has 13 heavy (non-hydrogen) atoms.